The Bertz CT molecular complexity index is 838. The molecule has 1 aliphatic rings. The third-order valence-electron chi connectivity index (χ3n) is 3.55. The summed E-state index contributed by atoms with van der Waals surface area (Å²) in [6.07, 6.45) is 3.81. The summed E-state index contributed by atoms with van der Waals surface area (Å²) in [6.45, 7) is 0.902. The minimum atomic E-state index is -3.36. The van der Waals surface area contributed by atoms with Crippen molar-refractivity contribution in [1.29, 1.82) is 5.26 Å². The van der Waals surface area contributed by atoms with Crippen LogP contribution in [0, 0.1) is 11.3 Å². The van der Waals surface area contributed by atoms with Crippen LogP contribution in [0.2, 0.25) is 0 Å². The molecule has 0 spiro atoms. The van der Waals surface area contributed by atoms with Crippen LogP contribution in [0.15, 0.2) is 30.6 Å². The Morgan fingerprint density at radius 2 is 2.17 bits per heavy atom. The predicted octanol–water partition coefficient (Wildman–Crippen LogP) is 0.373. The summed E-state index contributed by atoms with van der Waals surface area (Å²) in [5.74, 6) is 0.345. The Morgan fingerprint density at radius 1 is 1.35 bits per heavy atom. The number of hydrogen-bond donors (Lipinski definition) is 0. The number of fused-ring (bicyclic) bond motifs is 1. The number of nitriles is 1. The lowest BCUT2D eigenvalue weighted by Gasteiger charge is -2.22. The predicted molar refractivity (Wildman–Crippen MR) is 80.8 cm³/mol. The molecule has 1 aliphatic heterocycles. The first-order valence-corrected chi connectivity index (χ1v) is 8.79. The third-order valence-corrected chi connectivity index (χ3v) is 4.76. The molecular weight excluding hydrogens is 318 g/mol. The van der Waals surface area contributed by atoms with Crippen molar-refractivity contribution < 1.29 is 13.2 Å². The van der Waals surface area contributed by atoms with Crippen LogP contribution < -0.4 is 4.74 Å². The van der Waals surface area contributed by atoms with Gasteiger partial charge in [-0.05, 0) is 12.1 Å². The van der Waals surface area contributed by atoms with E-state index in [4.69, 9.17) is 10.00 Å². The van der Waals surface area contributed by atoms with E-state index in [1.807, 2.05) is 6.07 Å². The molecule has 8 nitrogen and oxygen atoms in total. The first-order chi connectivity index (χ1) is 11.0. The molecule has 0 aliphatic carbocycles. The molecule has 2 aromatic rings. The van der Waals surface area contributed by atoms with Gasteiger partial charge in [-0.3, -0.25) is 4.68 Å². The number of rotatable bonds is 3. The maximum absolute atomic E-state index is 11.9. The van der Waals surface area contributed by atoms with E-state index >= 15 is 0 Å². The molecule has 3 heterocycles. The van der Waals surface area contributed by atoms with E-state index in [-0.39, 0.29) is 13.1 Å². The van der Waals surface area contributed by atoms with Crippen molar-refractivity contribution in [3.63, 3.8) is 0 Å². The quantitative estimate of drug-likeness (QED) is 0.804. The van der Waals surface area contributed by atoms with Crippen molar-refractivity contribution in [3.05, 3.63) is 41.9 Å². The molecule has 120 valence electrons. The minimum absolute atomic E-state index is 0.212. The fraction of sp³-hybridized carbons (Fsp3) is 0.357. The summed E-state index contributed by atoms with van der Waals surface area (Å²) in [6, 6.07) is 6.98. The Hall–Kier alpha value is -2.44. The monoisotopic (exact) mass is 333 g/mol. The SMILES string of the molecule is CS(=O)(=O)N1Cc2ccnn2CC(Oc2ccc(C#N)cn2)C1. The van der Waals surface area contributed by atoms with Gasteiger partial charge in [-0.15, -0.1) is 0 Å². The first kappa shape index (κ1) is 15.5. The topological polar surface area (TPSA) is 101 Å². The largest absolute Gasteiger partial charge is 0.471 e. The number of sulfonamides is 1. The molecule has 9 heteroatoms. The van der Waals surface area contributed by atoms with Gasteiger partial charge in [-0.25, -0.2) is 13.4 Å². The maximum Gasteiger partial charge on any atom is 0.213 e. The van der Waals surface area contributed by atoms with Crippen LogP contribution in [0.25, 0.3) is 0 Å². The smallest absolute Gasteiger partial charge is 0.213 e. The van der Waals surface area contributed by atoms with E-state index in [9.17, 15) is 8.42 Å². The summed E-state index contributed by atoms with van der Waals surface area (Å²) in [7, 11) is -3.36. The molecule has 23 heavy (non-hydrogen) atoms. The van der Waals surface area contributed by atoms with Crippen molar-refractivity contribution >= 4 is 10.0 Å². The number of nitrogens with zero attached hydrogens (tertiary/aromatic N) is 5. The van der Waals surface area contributed by atoms with Crippen LogP contribution in [0.1, 0.15) is 11.3 Å². The molecule has 0 bridgehead atoms. The Kier molecular flexibility index (Phi) is 4.02. The highest BCUT2D eigenvalue weighted by molar-refractivity contribution is 7.88. The number of pyridine rings is 1. The van der Waals surface area contributed by atoms with Crippen molar-refractivity contribution in [1.82, 2.24) is 19.1 Å². The molecule has 0 aromatic carbocycles. The third kappa shape index (κ3) is 3.49. The molecule has 0 radical (unpaired) electrons. The van der Waals surface area contributed by atoms with Gasteiger partial charge in [0.1, 0.15) is 12.2 Å². The average molecular weight is 333 g/mol. The molecule has 0 amide bonds. The second-order valence-electron chi connectivity index (χ2n) is 5.30. The van der Waals surface area contributed by atoms with Crippen LogP contribution in [0.3, 0.4) is 0 Å². The maximum atomic E-state index is 11.9. The van der Waals surface area contributed by atoms with Gasteiger partial charge in [0, 0.05) is 18.5 Å². The average Bonchev–Trinajstić information content (AvgIpc) is 2.86. The van der Waals surface area contributed by atoms with Gasteiger partial charge in [-0.2, -0.15) is 14.7 Å². The van der Waals surface area contributed by atoms with Gasteiger partial charge in [0.15, 0.2) is 0 Å². The Labute approximate surface area is 134 Å². The van der Waals surface area contributed by atoms with E-state index in [1.165, 1.54) is 16.8 Å². The van der Waals surface area contributed by atoms with Crippen LogP contribution in [0.4, 0.5) is 0 Å². The van der Waals surface area contributed by atoms with Crippen LogP contribution in [-0.2, 0) is 23.1 Å². The van der Waals surface area contributed by atoms with E-state index in [0.29, 0.717) is 18.0 Å². The molecular formula is C14H15N5O3S. The van der Waals surface area contributed by atoms with E-state index in [1.54, 1.807) is 29.1 Å². The standard InChI is InChI=1S/C14H15N5O3S/c1-23(20,21)18-8-12-4-5-17-19(12)10-13(9-18)22-14-3-2-11(6-15)7-16-14/h2-5,7,13H,8-10H2,1H3. The van der Waals surface area contributed by atoms with Gasteiger partial charge in [-0.1, -0.05) is 0 Å². The Morgan fingerprint density at radius 3 is 2.83 bits per heavy atom. The van der Waals surface area contributed by atoms with Crippen molar-refractivity contribution in [3.8, 4) is 11.9 Å². The lowest BCUT2D eigenvalue weighted by Crippen LogP contribution is -2.38. The summed E-state index contributed by atoms with van der Waals surface area (Å²) in [5.41, 5.74) is 1.25. The highest BCUT2D eigenvalue weighted by atomic mass is 32.2. The molecule has 0 N–H and O–H groups in total. The highest BCUT2D eigenvalue weighted by Crippen LogP contribution is 2.18. The van der Waals surface area contributed by atoms with Gasteiger partial charge in [0.2, 0.25) is 15.9 Å². The van der Waals surface area contributed by atoms with Gasteiger partial charge in [0.05, 0.1) is 37.1 Å². The molecule has 3 rings (SSSR count). The lowest BCUT2D eigenvalue weighted by atomic mass is 10.3. The number of ether oxygens (including phenoxy) is 1. The number of hydrogen-bond acceptors (Lipinski definition) is 6. The van der Waals surface area contributed by atoms with E-state index in [0.717, 1.165) is 5.69 Å². The molecule has 1 unspecified atom stereocenters. The van der Waals surface area contributed by atoms with Crippen molar-refractivity contribution in [2.75, 3.05) is 12.8 Å². The molecule has 0 saturated carbocycles. The highest BCUT2D eigenvalue weighted by Gasteiger charge is 2.28. The molecule has 0 saturated heterocycles. The van der Waals surface area contributed by atoms with Crippen LogP contribution >= 0.6 is 0 Å². The zero-order valence-corrected chi connectivity index (χ0v) is 13.3. The summed E-state index contributed by atoms with van der Waals surface area (Å²) in [4.78, 5) is 4.06. The lowest BCUT2D eigenvalue weighted by molar-refractivity contribution is 0.151. The Balaban J connectivity index is 1.84. The zero-order valence-electron chi connectivity index (χ0n) is 12.5. The van der Waals surface area contributed by atoms with E-state index in [2.05, 4.69) is 10.1 Å². The summed E-state index contributed by atoms with van der Waals surface area (Å²) in [5, 5.41) is 13.0. The first-order valence-electron chi connectivity index (χ1n) is 6.94. The van der Waals surface area contributed by atoms with Crippen molar-refractivity contribution in [2.24, 2.45) is 0 Å². The fourth-order valence-electron chi connectivity index (χ4n) is 2.40. The zero-order chi connectivity index (χ0) is 16.4. The second-order valence-corrected chi connectivity index (χ2v) is 7.28. The van der Waals surface area contributed by atoms with Gasteiger partial charge >= 0.3 is 0 Å². The summed E-state index contributed by atoms with van der Waals surface area (Å²) < 4.78 is 32.8. The fourth-order valence-corrected chi connectivity index (χ4v) is 3.20. The molecule has 2 aromatic heterocycles. The van der Waals surface area contributed by atoms with Crippen LogP contribution in [0.5, 0.6) is 5.88 Å². The molecule has 0 fully saturated rings. The number of aromatic nitrogens is 3. The minimum Gasteiger partial charge on any atom is -0.471 e. The van der Waals surface area contributed by atoms with E-state index < -0.39 is 16.1 Å². The van der Waals surface area contributed by atoms with Crippen molar-refractivity contribution in [2.45, 2.75) is 19.2 Å². The normalized spacial score (nSPS) is 18.7. The van der Waals surface area contributed by atoms with Crippen LogP contribution in [-0.4, -0.2) is 46.4 Å². The second kappa shape index (κ2) is 5.98. The van der Waals surface area contributed by atoms with Gasteiger partial charge in [0.25, 0.3) is 0 Å². The summed E-state index contributed by atoms with van der Waals surface area (Å²) >= 11 is 0. The van der Waals surface area contributed by atoms with Gasteiger partial charge < -0.3 is 4.74 Å². The molecule has 1 atom stereocenters.